The van der Waals surface area contributed by atoms with Crippen molar-refractivity contribution in [3.05, 3.63) is 17.6 Å². The van der Waals surface area contributed by atoms with Gasteiger partial charge in [0.05, 0.1) is 0 Å². The standard InChI is InChI=1S/C10H9N3O4S3/c14-6-7(15)13-5(9(16)17)4(1-18-8(6)13)2-19-10-11-3-12-20-10/h3,6,8,14H,1-2H2,(H,16,17)/t6-,8+/m1/s1. The fraction of sp³-hybridized carbons (Fsp3) is 0.400. The molecule has 1 aromatic heterocycles. The molecule has 0 aliphatic carbocycles. The van der Waals surface area contributed by atoms with Crippen LogP contribution in [0.5, 0.6) is 0 Å². The van der Waals surface area contributed by atoms with Gasteiger partial charge < -0.3 is 10.2 Å². The average molecular weight is 331 g/mol. The van der Waals surface area contributed by atoms with Gasteiger partial charge in [-0.05, 0) is 17.1 Å². The largest absolute Gasteiger partial charge is 0.477 e. The first kappa shape index (κ1) is 13.9. The molecule has 1 aromatic rings. The lowest BCUT2D eigenvalue weighted by Gasteiger charge is -2.47. The van der Waals surface area contributed by atoms with Gasteiger partial charge in [-0.15, -0.1) is 11.8 Å². The Morgan fingerprint density at radius 3 is 3.05 bits per heavy atom. The van der Waals surface area contributed by atoms with Crippen molar-refractivity contribution < 1.29 is 19.8 Å². The predicted molar refractivity (Wildman–Crippen MR) is 74.4 cm³/mol. The van der Waals surface area contributed by atoms with Crippen molar-refractivity contribution in [2.24, 2.45) is 0 Å². The van der Waals surface area contributed by atoms with Crippen LogP contribution in [0.25, 0.3) is 0 Å². The van der Waals surface area contributed by atoms with Crippen LogP contribution < -0.4 is 0 Å². The molecule has 2 N–H and O–H groups in total. The molecule has 0 unspecified atom stereocenters. The summed E-state index contributed by atoms with van der Waals surface area (Å²) in [6, 6.07) is 0. The highest BCUT2D eigenvalue weighted by molar-refractivity contribution is 8.01. The van der Waals surface area contributed by atoms with Crippen LogP contribution in [-0.2, 0) is 9.59 Å². The highest BCUT2D eigenvalue weighted by atomic mass is 32.2. The van der Waals surface area contributed by atoms with Gasteiger partial charge in [0, 0.05) is 11.5 Å². The van der Waals surface area contributed by atoms with Gasteiger partial charge in [0.15, 0.2) is 10.4 Å². The second kappa shape index (κ2) is 5.35. The minimum atomic E-state index is -1.14. The third-order valence-corrected chi connectivity index (χ3v) is 6.14. The lowest BCUT2D eigenvalue weighted by Crippen LogP contribution is -2.64. The fourth-order valence-corrected chi connectivity index (χ4v) is 4.87. The number of amides is 1. The molecule has 3 rings (SSSR count). The summed E-state index contributed by atoms with van der Waals surface area (Å²) in [7, 11) is 0. The molecule has 0 spiro atoms. The first-order valence-electron chi connectivity index (χ1n) is 5.57. The van der Waals surface area contributed by atoms with Crippen LogP contribution in [0.1, 0.15) is 0 Å². The van der Waals surface area contributed by atoms with Gasteiger partial charge in [0.2, 0.25) is 0 Å². The van der Waals surface area contributed by atoms with E-state index in [9.17, 15) is 19.8 Å². The molecule has 2 aliphatic heterocycles. The fourth-order valence-electron chi connectivity index (χ4n) is 2.02. The van der Waals surface area contributed by atoms with E-state index < -0.39 is 23.4 Å². The molecule has 1 amide bonds. The number of nitrogens with zero attached hydrogens (tertiary/aromatic N) is 3. The van der Waals surface area contributed by atoms with Crippen molar-refractivity contribution in [1.29, 1.82) is 0 Å². The van der Waals surface area contributed by atoms with Crippen molar-refractivity contribution in [3.63, 3.8) is 0 Å². The van der Waals surface area contributed by atoms with Crippen LogP contribution in [0, 0.1) is 0 Å². The molecule has 20 heavy (non-hydrogen) atoms. The zero-order valence-corrected chi connectivity index (χ0v) is 12.4. The lowest BCUT2D eigenvalue weighted by molar-refractivity contribution is -0.159. The summed E-state index contributed by atoms with van der Waals surface area (Å²) >= 11 is 4.02. The number of aliphatic hydroxyl groups excluding tert-OH is 1. The van der Waals surface area contributed by atoms with Gasteiger partial charge in [0.25, 0.3) is 5.91 Å². The van der Waals surface area contributed by atoms with Crippen LogP contribution in [-0.4, -0.2) is 59.3 Å². The molecule has 0 radical (unpaired) electrons. The quantitative estimate of drug-likeness (QED) is 0.597. The van der Waals surface area contributed by atoms with Gasteiger partial charge >= 0.3 is 5.97 Å². The Morgan fingerprint density at radius 2 is 2.40 bits per heavy atom. The number of aliphatic carboxylic acids is 1. The summed E-state index contributed by atoms with van der Waals surface area (Å²) in [6.07, 6.45) is 0.354. The molecule has 0 bridgehead atoms. The number of carboxylic acid groups (broad SMARTS) is 1. The highest BCUT2D eigenvalue weighted by Crippen LogP contribution is 2.41. The van der Waals surface area contributed by atoms with Gasteiger partial charge in [-0.2, -0.15) is 4.37 Å². The number of aromatic nitrogens is 2. The average Bonchev–Trinajstić information content (AvgIpc) is 2.96. The van der Waals surface area contributed by atoms with Crippen molar-refractivity contribution in [1.82, 2.24) is 14.3 Å². The minimum Gasteiger partial charge on any atom is -0.477 e. The van der Waals surface area contributed by atoms with Gasteiger partial charge in [-0.25, -0.2) is 9.78 Å². The zero-order valence-electron chi connectivity index (χ0n) is 9.92. The number of thioether (sulfide) groups is 2. The molecule has 3 heterocycles. The molecule has 1 saturated heterocycles. The molecule has 2 atom stereocenters. The Hall–Kier alpha value is -1.10. The Labute approximate surface area is 126 Å². The van der Waals surface area contributed by atoms with E-state index >= 15 is 0 Å². The number of hydrogen-bond acceptors (Lipinski definition) is 8. The lowest BCUT2D eigenvalue weighted by atomic mass is 10.1. The molecular weight excluding hydrogens is 322 g/mol. The van der Waals surface area contributed by atoms with Crippen LogP contribution in [0.15, 0.2) is 21.9 Å². The summed E-state index contributed by atoms with van der Waals surface area (Å²) in [6.45, 7) is 0. The van der Waals surface area contributed by atoms with Gasteiger partial charge in [-0.3, -0.25) is 9.69 Å². The van der Waals surface area contributed by atoms with E-state index in [-0.39, 0.29) is 5.70 Å². The number of carbonyl (C=O) groups is 2. The molecular formula is C10H9N3O4S3. The number of hydrogen-bond donors (Lipinski definition) is 2. The van der Waals surface area contributed by atoms with Crippen LogP contribution in [0.3, 0.4) is 0 Å². The van der Waals surface area contributed by atoms with Crippen molar-refractivity contribution in [2.75, 3.05) is 11.5 Å². The Kier molecular flexibility index (Phi) is 3.71. The maximum Gasteiger partial charge on any atom is 0.352 e. The van der Waals surface area contributed by atoms with E-state index in [1.165, 1.54) is 46.3 Å². The molecule has 1 fully saturated rings. The normalized spacial score (nSPS) is 25.4. The summed E-state index contributed by atoms with van der Waals surface area (Å²) in [5, 5.41) is 18.4. The molecule has 2 aliphatic rings. The maximum atomic E-state index is 11.6. The van der Waals surface area contributed by atoms with Gasteiger partial charge in [0.1, 0.15) is 17.4 Å². The van der Waals surface area contributed by atoms with E-state index in [0.717, 1.165) is 4.34 Å². The molecule has 0 saturated carbocycles. The predicted octanol–water partition coefficient (Wildman–Crippen LogP) is 0.245. The third kappa shape index (κ3) is 2.22. The molecule has 10 heteroatoms. The summed E-state index contributed by atoms with van der Waals surface area (Å²) in [5.41, 5.74) is 0.667. The van der Waals surface area contributed by atoms with Crippen molar-refractivity contribution in [2.45, 2.75) is 15.8 Å². The first-order chi connectivity index (χ1) is 9.59. The van der Waals surface area contributed by atoms with E-state index in [4.69, 9.17) is 0 Å². The number of rotatable bonds is 4. The Balaban J connectivity index is 1.82. The monoisotopic (exact) mass is 331 g/mol. The summed E-state index contributed by atoms with van der Waals surface area (Å²) in [4.78, 5) is 28.2. The smallest absolute Gasteiger partial charge is 0.352 e. The molecule has 7 nitrogen and oxygen atoms in total. The SMILES string of the molecule is O=C(O)C1=C(CSc2ncns2)CS[C@H]2[C@H](O)C(=O)N12. The number of carbonyl (C=O) groups excluding carboxylic acids is 1. The van der Waals surface area contributed by atoms with E-state index in [1.54, 1.807) is 0 Å². The molecule has 106 valence electrons. The van der Waals surface area contributed by atoms with E-state index in [2.05, 4.69) is 9.36 Å². The number of β-lactam (4-membered cyclic amide) rings is 1. The second-order valence-electron chi connectivity index (χ2n) is 4.11. The zero-order chi connectivity index (χ0) is 14.3. The van der Waals surface area contributed by atoms with Crippen LogP contribution >= 0.6 is 35.1 Å². The van der Waals surface area contributed by atoms with E-state index in [0.29, 0.717) is 17.1 Å². The topological polar surface area (TPSA) is 104 Å². The number of aliphatic hydroxyl groups is 1. The van der Waals surface area contributed by atoms with Crippen LogP contribution in [0.4, 0.5) is 0 Å². The Morgan fingerprint density at radius 1 is 1.60 bits per heavy atom. The maximum absolute atomic E-state index is 11.6. The second-order valence-corrected chi connectivity index (χ2v) is 7.22. The van der Waals surface area contributed by atoms with E-state index in [1.807, 2.05) is 0 Å². The molecule has 0 aromatic carbocycles. The first-order valence-corrected chi connectivity index (χ1v) is 8.38. The van der Waals surface area contributed by atoms with Gasteiger partial charge in [-0.1, -0.05) is 11.8 Å². The number of fused-ring (bicyclic) bond motifs is 1. The summed E-state index contributed by atoms with van der Waals surface area (Å²) in [5.74, 6) is -0.753. The Bertz CT molecular complexity index is 589. The highest BCUT2D eigenvalue weighted by Gasteiger charge is 2.52. The summed E-state index contributed by atoms with van der Waals surface area (Å²) < 4.78 is 4.63. The van der Waals surface area contributed by atoms with Crippen molar-refractivity contribution in [3.8, 4) is 0 Å². The number of carboxylic acids is 1. The minimum absolute atomic E-state index is 0.000986. The van der Waals surface area contributed by atoms with Crippen LogP contribution in [0.2, 0.25) is 0 Å². The van der Waals surface area contributed by atoms with Crippen molar-refractivity contribution >= 4 is 46.9 Å². The third-order valence-electron chi connectivity index (χ3n) is 2.93.